The van der Waals surface area contributed by atoms with Gasteiger partial charge in [-0.3, -0.25) is 0 Å². The van der Waals surface area contributed by atoms with E-state index in [4.69, 9.17) is 0 Å². The summed E-state index contributed by atoms with van der Waals surface area (Å²) in [4.78, 5) is 0. The van der Waals surface area contributed by atoms with E-state index in [1.54, 1.807) is 6.92 Å². The maximum Gasteiger partial charge on any atom is 0.126 e. The average Bonchev–Trinajstić information content (AvgIpc) is 2.18. The molecular formula is C13H18FN. The van der Waals surface area contributed by atoms with E-state index in [0.29, 0.717) is 5.56 Å². The summed E-state index contributed by atoms with van der Waals surface area (Å²) < 4.78 is 13.1. The van der Waals surface area contributed by atoms with Crippen LogP contribution in [0.1, 0.15) is 30.5 Å². The van der Waals surface area contributed by atoms with Crippen LogP contribution in [-0.2, 0) is 0 Å². The highest BCUT2D eigenvalue weighted by atomic mass is 19.1. The number of hydrogen-bond donors (Lipinski definition) is 1. The molecule has 0 heterocycles. The molecule has 2 heteroatoms. The molecule has 1 rings (SSSR count). The third kappa shape index (κ3) is 3.17. The van der Waals surface area contributed by atoms with Gasteiger partial charge in [-0.25, -0.2) is 4.39 Å². The first kappa shape index (κ1) is 11.9. The summed E-state index contributed by atoms with van der Waals surface area (Å²) in [5, 5.41) is 3.21. The second kappa shape index (κ2) is 5.08. The molecule has 1 unspecified atom stereocenters. The minimum absolute atomic E-state index is 0.149. The summed E-state index contributed by atoms with van der Waals surface area (Å²) in [7, 11) is 1.91. The molecule has 0 saturated carbocycles. The summed E-state index contributed by atoms with van der Waals surface area (Å²) in [5.41, 5.74) is 2.92. The van der Waals surface area contributed by atoms with Crippen molar-refractivity contribution in [3.63, 3.8) is 0 Å². The zero-order chi connectivity index (χ0) is 11.4. The first-order valence-corrected chi connectivity index (χ1v) is 5.12. The largest absolute Gasteiger partial charge is 0.313 e. The first-order chi connectivity index (χ1) is 7.04. The van der Waals surface area contributed by atoms with Gasteiger partial charge in [0, 0.05) is 6.04 Å². The van der Waals surface area contributed by atoms with Crippen LogP contribution in [0.5, 0.6) is 0 Å². The lowest BCUT2D eigenvalue weighted by molar-refractivity contribution is 0.581. The van der Waals surface area contributed by atoms with E-state index in [9.17, 15) is 4.39 Å². The Morgan fingerprint density at radius 1 is 1.53 bits per heavy atom. The summed E-state index contributed by atoms with van der Waals surface area (Å²) in [6.45, 7) is 7.68. The van der Waals surface area contributed by atoms with Crippen LogP contribution in [0.3, 0.4) is 0 Å². The minimum Gasteiger partial charge on any atom is -0.313 e. The Morgan fingerprint density at radius 3 is 2.67 bits per heavy atom. The molecular weight excluding hydrogens is 189 g/mol. The summed E-state index contributed by atoms with van der Waals surface area (Å²) in [6.07, 6.45) is 0.877. The Bertz CT molecular complexity index is 358. The van der Waals surface area contributed by atoms with Crippen molar-refractivity contribution in [2.45, 2.75) is 26.3 Å². The molecule has 0 fully saturated rings. The van der Waals surface area contributed by atoms with Gasteiger partial charge in [0.15, 0.2) is 0 Å². The van der Waals surface area contributed by atoms with E-state index < -0.39 is 0 Å². The van der Waals surface area contributed by atoms with E-state index in [-0.39, 0.29) is 11.9 Å². The standard InChI is InChI=1S/C13H18FN/c1-9(2)7-13(15-4)11-5-6-12(14)10(3)8-11/h5-6,8,13,15H,1,7H2,2-4H3. The fraction of sp³-hybridized carbons (Fsp3) is 0.385. The highest BCUT2D eigenvalue weighted by Crippen LogP contribution is 2.21. The van der Waals surface area contributed by atoms with Gasteiger partial charge in [0.2, 0.25) is 0 Å². The lowest BCUT2D eigenvalue weighted by Gasteiger charge is -2.17. The number of rotatable bonds is 4. The molecule has 0 aliphatic carbocycles. The van der Waals surface area contributed by atoms with Gasteiger partial charge in [-0.1, -0.05) is 17.7 Å². The van der Waals surface area contributed by atoms with E-state index in [1.165, 1.54) is 6.07 Å². The quantitative estimate of drug-likeness (QED) is 0.746. The minimum atomic E-state index is -0.149. The van der Waals surface area contributed by atoms with Gasteiger partial charge in [-0.2, -0.15) is 0 Å². The van der Waals surface area contributed by atoms with Crippen molar-refractivity contribution in [2.24, 2.45) is 0 Å². The molecule has 0 bridgehead atoms. The monoisotopic (exact) mass is 207 g/mol. The highest BCUT2D eigenvalue weighted by Gasteiger charge is 2.10. The molecule has 1 nitrogen and oxygen atoms in total. The Kier molecular flexibility index (Phi) is 4.04. The van der Waals surface area contributed by atoms with E-state index in [1.807, 2.05) is 26.1 Å². The van der Waals surface area contributed by atoms with Crippen LogP contribution in [-0.4, -0.2) is 7.05 Å². The van der Waals surface area contributed by atoms with Crippen LogP contribution < -0.4 is 5.32 Å². The molecule has 1 aromatic carbocycles. The topological polar surface area (TPSA) is 12.0 Å². The molecule has 0 amide bonds. The lowest BCUT2D eigenvalue weighted by Crippen LogP contribution is -2.16. The van der Waals surface area contributed by atoms with Crippen molar-refractivity contribution in [1.82, 2.24) is 5.32 Å². The zero-order valence-corrected chi connectivity index (χ0v) is 9.60. The normalized spacial score (nSPS) is 12.5. The van der Waals surface area contributed by atoms with Crippen LogP contribution in [0, 0.1) is 12.7 Å². The Hall–Kier alpha value is -1.15. The molecule has 82 valence electrons. The van der Waals surface area contributed by atoms with Crippen LogP contribution in [0.25, 0.3) is 0 Å². The van der Waals surface area contributed by atoms with Crippen LogP contribution in [0.15, 0.2) is 30.4 Å². The maximum absolute atomic E-state index is 13.1. The number of nitrogens with one attached hydrogen (secondary N) is 1. The smallest absolute Gasteiger partial charge is 0.126 e. The van der Waals surface area contributed by atoms with E-state index in [2.05, 4.69) is 11.9 Å². The summed E-state index contributed by atoms with van der Waals surface area (Å²) >= 11 is 0. The Labute approximate surface area is 91.0 Å². The molecule has 0 spiro atoms. The highest BCUT2D eigenvalue weighted by molar-refractivity contribution is 5.27. The molecule has 15 heavy (non-hydrogen) atoms. The van der Waals surface area contributed by atoms with Crippen LogP contribution in [0.2, 0.25) is 0 Å². The second-order valence-electron chi connectivity index (χ2n) is 4.01. The fourth-order valence-electron chi connectivity index (χ4n) is 1.62. The van der Waals surface area contributed by atoms with Gasteiger partial charge >= 0.3 is 0 Å². The summed E-state index contributed by atoms with van der Waals surface area (Å²) in [5.74, 6) is -0.149. The van der Waals surface area contributed by atoms with Gasteiger partial charge in [-0.15, -0.1) is 6.58 Å². The number of aryl methyl sites for hydroxylation is 1. The summed E-state index contributed by atoms with van der Waals surface area (Å²) in [6, 6.07) is 5.46. The van der Waals surface area contributed by atoms with Gasteiger partial charge in [0.25, 0.3) is 0 Å². The molecule has 0 aliphatic rings. The van der Waals surface area contributed by atoms with E-state index in [0.717, 1.165) is 17.6 Å². The van der Waals surface area contributed by atoms with E-state index >= 15 is 0 Å². The lowest BCUT2D eigenvalue weighted by atomic mass is 9.99. The Balaban J connectivity index is 2.92. The molecule has 1 atom stereocenters. The SMILES string of the molecule is C=C(C)CC(NC)c1ccc(F)c(C)c1. The molecule has 0 aliphatic heterocycles. The molecule has 0 saturated heterocycles. The third-order valence-corrected chi connectivity index (χ3v) is 2.49. The van der Waals surface area contributed by atoms with Gasteiger partial charge in [0.05, 0.1) is 0 Å². The number of hydrogen-bond acceptors (Lipinski definition) is 1. The molecule has 1 N–H and O–H groups in total. The van der Waals surface area contributed by atoms with Crippen molar-refractivity contribution >= 4 is 0 Å². The second-order valence-corrected chi connectivity index (χ2v) is 4.01. The van der Waals surface area contributed by atoms with Crippen molar-refractivity contribution in [3.8, 4) is 0 Å². The van der Waals surface area contributed by atoms with Crippen molar-refractivity contribution < 1.29 is 4.39 Å². The van der Waals surface area contributed by atoms with Crippen molar-refractivity contribution in [3.05, 3.63) is 47.3 Å². The van der Waals surface area contributed by atoms with Gasteiger partial charge < -0.3 is 5.32 Å². The van der Waals surface area contributed by atoms with Gasteiger partial charge in [-0.05, 0) is 44.5 Å². The van der Waals surface area contributed by atoms with Crippen molar-refractivity contribution in [1.29, 1.82) is 0 Å². The third-order valence-electron chi connectivity index (χ3n) is 2.49. The predicted molar refractivity (Wildman–Crippen MR) is 62.4 cm³/mol. The fourth-order valence-corrected chi connectivity index (χ4v) is 1.62. The predicted octanol–water partition coefficient (Wildman–Crippen LogP) is 3.36. The van der Waals surface area contributed by atoms with Crippen LogP contribution in [0.4, 0.5) is 4.39 Å². The molecule has 0 radical (unpaired) electrons. The van der Waals surface area contributed by atoms with Crippen molar-refractivity contribution in [2.75, 3.05) is 7.05 Å². The zero-order valence-electron chi connectivity index (χ0n) is 9.60. The molecule has 1 aromatic rings. The number of benzene rings is 1. The average molecular weight is 207 g/mol. The maximum atomic E-state index is 13.1. The Morgan fingerprint density at radius 2 is 2.20 bits per heavy atom. The number of halogens is 1. The van der Waals surface area contributed by atoms with Crippen LogP contribution >= 0.6 is 0 Å². The first-order valence-electron chi connectivity index (χ1n) is 5.12. The molecule has 0 aromatic heterocycles. The van der Waals surface area contributed by atoms with Gasteiger partial charge in [0.1, 0.15) is 5.82 Å².